The number of aliphatic hydroxyl groups excluding tert-OH is 2. The van der Waals surface area contributed by atoms with Crippen LogP contribution in [0.1, 0.15) is 132 Å². The number of carbonyl (C=O) groups excluding carboxylic acids is 12. The van der Waals surface area contributed by atoms with E-state index in [4.69, 9.17) is 11.5 Å². The highest BCUT2D eigenvalue weighted by atomic mass is 32.2. The number of aliphatic hydroxyl groups is 2. The predicted octanol–water partition coefficient (Wildman–Crippen LogP) is 0.382. The number of phenolic OH excluding ortho intramolecular Hbond substituents is 1. The Hall–Kier alpha value is -11.0. The summed E-state index contributed by atoms with van der Waals surface area (Å²) in [6.45, 7) is 11.1. The van der Waals surface area contributed by atoms with E-state index in [1.165, 1.54) is 86.6 Å². The number of hydrogen-bond donors (Lipinski definition) is 19. The van der Waals surface area contributed by atoms with Gasteiger partial charge in [0.1, 0.15) is 77.9 Å². The van der Waals surface area contributed by atoms with Gasteiger partial charge in [-0.05, 0) is 96.2 Å². The molecule has 4 heterocycles. The molecule has 0 unspecified atom stereocenters. The first kappa shape index (κ1) is 90.2. The molecule has 1 aliphatic heterocycles. The van der Waals surface area contributed by atoms with Crippen molar-refractivity contribution in [3.05, 3.63) is 149 Å². The Morgan fingerprint density at radius 2 is 1.03 bits per heavy atom. The average Bonchev–Trinajstić information content (AvgIpc) is 1.74. The fraction of sp³-hybridized carbons (Fsp3) is 0.474. The number of primary amides is 1. The number of fused-ring (bicyclic) bond motifs is 3. The van der Waals surface area contributed by atoms with E-state index in [0.717, 1.165) is 16.7 Å². The molecule has 0 saturated carbocycles. The lowest BCUT2D eigenvalue weighted by Gasteiger charge is -2.32. The highest BCUT2D eigenvalue weighted by molar-refractivity contribution is 7.98. The standard InChI is InChI=1S/C78H105N17O17S2/c1-8-12-53-68(103)87-55(25-26-62(100)101)69(104)88-56(32-45-21-23-51(98)24-22-45)71(106)86-54(13-9-2)70(105)94-64(43(4)97)76(111)92-60(66(80)102)40-114-39-48-15-10-14-47(30-48)38-113-29-27-61(99)93-65(78(5,6)7)77(112)91-57(31-44-17-19-46(35-79)20-18-44)72(107)89-59(34-50-37-81-41-84-50)74(109)95-63(42(3)96)75(110)90-58(73(108)85-53)33-49-36-83-67-52(49)16-11-28-82-67/h10-11,14-24,28,30,36-37,41-43,53-60,63-65,96-98H,8-9,12-13,25-27,29,31-35,38-40,79H2,1-7H3,(H2,80,102)(H,81,84)(H,82,83)(H,85,108)(H,86,106)(H,87,103)(H,88,104)(H,89,107)(H,90,110)(H,91,112)(H,92,111)(H,93,99)(H,94,105)(H,95,109)(H,100,101)/t42-,43-,53+,54+,55+,56+,57+,58+,59+,60+,63+,64+,65-/m1/s1. The molecular formula is C78H105N17O17S2. The molecule has 12 amide bonds. The number of nitrogens with two attached hydrogens (primary N) is 2. The first-order chi connectivity index (χ1) is 54.2. The minimum absolute atomic E-state index is 0.0274. The number of aromatic hydroxyl groups is 1. The number of aromatic nitrogens is 4. The molecule has 34 nitrogen and oxygen atoms in total. The van der Waals surface area contributed by atoms with Crippen molar-refractivity contribution in [2.45, 2.75) is 216 Å². The zero-order chi connectivity index (χ0) is 83.3. The van der Waals surface area contributed by atoms with E-state index in [9.17, 15) is 73.2 Å². The van der Waals surface area contributed by atoms with E-state index in [-0.39, 0.29) is 75.8 Å². The quantitative estimate of drug-likeness (QED) is 0.0521. The van der Waals surface area contributed by atoms with Gasteiger partial charge < -0.3 is 100 Å². The third-order valence-corrected chi connectivity index (χ3v) is 20.9. The Bertz CT molecular complexity index is 4290. The molecule has 36 heteroatoms. The van der Waals surface area contributed by atoms with Crippen molar-refractivity contribution in [1.29, 1.82) is 0 Å². The Morgan fingerprint density at radius 3 is 1.54 bits per heavy atom. The van der Waals surface area contributed by atoms with Crippen LogP contribution in [0.3, 0.4) is 0 Å². The maximum Gasteiger partial charge on any atom is 0.303 e. The number of nitrogens with one attached hydrogen (secondary N) is 13. The molecule has 0 aliphatic carbocycles. The van der Waals surface area contributed by atoms with E-state index in [2.05, 4.69) is 78.4 Å². The zero-order valence-corrected chi connectivity index (χ0v) is 66.3. The van der Waals surface area contributed by atoms with Crippen LogP contribution in [0.15, 0.2) is 110 Å². The number of carbonyl (C=O) groups is 13. The van der Waals surface area contributed by atoms with Crippen LogP contribution in [-0.4, -0.2) is 207 Å². The van der Waals surface area contributed by atoms with Crippen LogP contribution in [0.5, 0.6) is 5.75 Å². The lowest BCUT2D eigenvalue weighted by atomic mass is 9.85. The summed E-state index contributed by atoms with van der Waals surface area (Å²) in [6, 6.07) is 5.96. The third kappa shape index (κ3) is 28.0. The Labute approximate surface area is 668 Å². The summed E-state index contributed by atoms with van der Waals surface area (Å²) in [5, 5.41) is 72.0. The van der Waals surface area contributed by atoms with Crippen molar-refractivity contribution < 1.29 is 82.8 Å². The normalized spacial score (nSPS) is 23.4. The number of rotatable bonds is 19. The highest BCUT2D eigenvalue weighted by Crippen LogP contribution is 2.24. The molecule has 3 aromatic carbocycles. The first-order valence-corrected chi connectivity index (χ1v) is 39.9. The minimum atomic E-state index is -1.89. The van der Waals surface area contributed by atoms with Crippen LogP contribution < -0.4 is 70.0 Å². The molecule has 13 atom stereocenters. The summed E-state index contributed by atoms with van der Waals surface area (Å²) in [7, 11) is 0. The first-order valence-electron chi connectivity index (χ1n) is 37.6. The number of carboxylic acid groups (broad SMARTS) is 1. The van der Waals surface area contributed by atoms with Gasteiger partial charge in [0, 0.05) is 97.8 Å². The van der Waals surface area contributed by atoms with Crippen molar-refractivity contribution in [3.63, 3.8) is 0 Å². The molecule has 114 heavy (non-hydrogen) atoms. The third-order valence-electron chi connectivity index (χ3n) is 18.8. The summed E-state index contributed by atoms with van der Waals surface area (Å²) in [6.07, 6.45) is 0.194. The molecular weight excluding hydrogens is 1510 g/mol. The van der Waals surface area contributed by atoms with Gasteiger partial charge >= 0.3 is 5.97 Å². The Kier molecular flexibility index (Phi) is 34.8. The van der Waals surface area contributed by atoms with Crippen LogP contribution in [0, 0.1) is 5.41 Å². The fourth-order valence-corrected chi connectivity index (χ4v) is 14.3. The molecule has 0 saturated heterocycles. The summed E-state index contributed by atoms with van der Waals surface area (Å²) in [5.74, 6) is -11.8. The van der Waals surface area contributed by atoms with Crippen molar-refractivity contribution >= 4 is 111 Å². The number of nitrogens with zero attached hydrogens (tertiary/aromatic N) is 2. The van der Waals surface area contributed by atoms with Gasteiger partial charge in [0.25, 0.3) is 0 Å². The number of thioether (sulfide) groups is 2. The molecule has 0 fully saturated rings. The number of phenols is 1. The lowest BCUT2D eigenvalue weighted by molar-refractivity contribution is -0.139. The van der Waals surface area contributed by atoms with Gasteiger partial charge in [-0.2, -0.15) is 23.5 Å². The van der Waals surface area contributed by atoms with E-state index >= 15 is 9.59 Å². The number of amides is 12. The number of benzene rings is 3. The maximum atomic E-state index is 15.1. The number of hydrogen-bond acceptors (Lipinski definition) is 21. The molecule has 3 aromatic heterocycles. The van der Waals surface area contributed by atoms with E-state index < -0.39 is 174 Å². The zero-order valence-electron chi connectivity index (χ0n) is 64.7. The molecule has 21 N–H and O–H groups in total. The van der Waals surface area contributed by atoms with Crippen molar-refractivity contribution in [3.8, 4) is 5.75 Å². The van der Waals surface area contributed by atoms with Crippen LogP contribution in [0.25, 0.3) is 11.0 Å². The minimum Gasteiger partial charge on any atom is -0.508 e. The molecule has 1 aliphatic rings. The smallest absolute Gasteiger partial charge is 0.303 e. The lowest BCUT2D eigenvalue weighted by Crippen LogP contribution is -2.63. The van der Waals surface area contributed by atoms with E-state index in [0.29, 0.717) is 50.7 Å². The number of imidazole rings is 1. The number of aromatic amines is 2. The highest BCUT2D eigenvalue weighted by Gasteiger charge is 2.40. The van der Waals surface area contributed by atoms with Gasteiger partial charge in [0.15, 0.2) is 0 Å². The van der Waals surface area contributed by atoms with Gasteiger partial charge in [-0.25, -0.2) is 9.97 Å². The Balaban J connectivity index is 1.25. The van der Waals surface area contributed by atoms with Crippen LogP contribution >= 0.6 is 23.5 Å². The molecule has 7 rings (SSSR count). The SMILES string of the molecule is CCC[C@@H]1NC(=O)[C@H](Cc2c[nH]c3ncccc23)NC(=O)[C@H]([C@@H](C)O)NC(=O)[C@H](Cc2cnc[nH]2)NC(=O)[C@H](Cc2ccc(CN)cc2)NC(=O)[C@H](C(C)(C)C)NC(=O)CCSCc2cccc(c2)CSC[C@@H](C(N)=O)NC(=O)[C@H]([C@@H](C)O)NC(=O)[C@H](CCC)NC(=O)[C@H](Cc2ccc(O)cc2)NC(=O)[C@H](CCC(=O)O)NC1=O. The van der Waals surface area contributed by atoms with Crippen LogP contribution in [0.2, 0.25) is 0 Å². The second-order valence-corrected chi connectivity index (χ2v) is 31.3. The number of pyridine rings is 1. The largest absolute Gasteiger partial charge is 0.508 e. The van der Waals surface area contributed by atoms with Gasteiger partial charge in [0.2, 0.25) is 70.9 Å². The maximum absolute atomic E-state index is 15.1. The predicted molar refractivity (Wildman–Crippen MR) is 425 cm³/mol. The van der Waals surface area contributed by atoms with Gasteiger partial charge in [0.05, 0.1) is 18.5 Å². The molecule has 0 radical (unpaired) electrons. The summed E-state index contributed by atoms with van der Waals surface area (Å²) in [5.41, 5.74) is 15.3. The molecule has 2 bridgehead atoms. The summed E-state index contributed by atoms with van der Waals surface area (Å²) >= 11 is 2.69. The fourth-order valence-electron chi connectivity index (χ4n) is 12.4. The molecule has 616 valence electrons. The van der Waals surface area contributed by atoms with Crippen molar-refractivity contribution in [2.24, 2.45) is 16.9 Å². The van der Waals surface area contributed by atoms with Gasteiger partial charge in [-0.1, -0.05) is 108 Å². The molecule has 0 spiro atoms. The second-order valence-electron chi connectivity index (χ2n) is 29.2. The van der Waals surface area contributed by atoms with Gasteiger partial charge in [-0.15, -0.1) is 0 Å². The number of H-pyrrole nitrogens is 2. The number of carboxylic acids is 1. The topological polar surface area (TPSA) is 545 Å². The monoisotopic (exact) mass is 1620 g/mol. The van der Waals surface area contributed by atoms with E-state index in [1.807, 2.05) is 24.3 Å². The van der Waals surface area contributed by atoms with Crippen molar-refractivity contribution in [1.82, 2.24) is 78.4 Å². The molecule has 6 aromatic rings. The van der Waals surface area contributed by atoms with Crippen LogP contribution in [0.4, 0.5) is 0 Å². The number of aliphatic carboxylic acids is 1. The second kappa shape index (κ2) is 43.9. The summed E-state index contributed by atoms with van der Waals surface area (Å²) in [4.78, 5) is 201. The Morgan fingerprint density at radius 1 is 0.553 bits per heavy atom. The summed E-state index contributed by atoms with van der Waals surface area (Å²) < 4.78 is 0. The van der Waals surface area contributed by atoms with Gasteiger partial charge in [-0.3, -0.25) is 62.3 Å². The average molecular weight is 1620 g/mol. The van der Waals surface area contributed by atoms with Crippen molar-refractivity contribution in [2.75, 3.05) is 11.5 Å². The van der Waals surface area contributed by atoms with Crippen LogP contribution in [-0.2, 0) is 106 Å². The van der Waals surface area contributed by atoms with E-state index in [1.54, 1.807) is 71.0 Å².